The monoisotopic (exact) mass is 341 g/mol. The number of rotatable bonds is 6. The largest absolute Gasteiger partial charge is 0.481 e. The predicted octanol–water partition coefficient (Wildman–Crippen LogP) is 3.51. The molecule has 2 aromatic carbocycles. The van der Waals surface area contributed by atoms with E-state index in [1.807, 2.05) is 6.07 Å². The van der Waals surface area contributed by atoms with Crippen LogP contribution in [0.2, 0.25) is 0 Å². The maximum absolute atomic E-state index is 11.6. The Kier molecular flexibility index (Phi) is 5.99. The lowest BCUT2D eigenvalue weighted by Gasteiger charge is -2.06. The van der Waals surface area contributed by atoms with Gasteiger partial charge in [0.05, 0.1) is 30.2 Å². The van der Waals surface area contributed by atoms with Gasteiger partial charge in [0.15, 0.2) is 0 Å². The zero-order chi connectivity index (χ0) is 17.5. The number of hydrogen-bond acceptors (Lipinski definition) is 5. The molecule has 0 aliphatic carbocycles. The molecule has 0 aliphatic heterocycles. The molecule has 0 bridgehead atoms. The summed E-state index contributed by atoms with van der Waals surface area (Å²) in [5.74, 6) is -1.33. The van der Waals surface area contributed by atoms with E-state index in [-0.39, 0.29) is 12.4 Å². The van der Waals surface area contributed by atoms with E-state index in [0.717, 1.165) is 9.79 Å². The molecule has 0 unspecified atom stereocenters. The molecule has 2 rings (SSSR count). The molecule has 1 N–H and O–H groups in total. The zero-order valence-corrected chi connectivity index (χ0v) is 13.8. The van der Waals surface area contributed by atoms with Crippen LogP contribution in [0, 0.1) is 11.3 Å². The van der Waals surface area contributed by atoms with Gasteiger partial charge in [-0.15, -0.1) is 0 Å². The molecule has 0 radical (unpaired) electrons. The number of nitrogens with zero attached hydrogens (tertiary/aromatic N) is 1. The van der Waals surface area contributed by atoms with Crippen molar-refractivity contribution in [2.24, 2.45) is 0 Å². The van der Waals surface area contributed by atoms with Gasteiger partial charge >= 0.3 is 11.9 Å². The highest BCUT2D eigenvalue weighted by Crippen LogP contribution is 2.29. The van der Waals surface area contributed by atoms with Crippen LogP contribution in [-0.2, 0) is 16.0 Å². The van der Waals surface area contributed by atoms with Crippen LogP contribution in [0.5, 0.6) is 0 Å². The lowest BCUT2D eigenvalue weighted by molar-refractivity contribution is -0.136. The summed E-state index contributed by atoms with van der Waals surface area (Å²) in [5, 5.41) is 18.0. The first kappa shape index (κ1) is 17.6. The summed E-state index contributed by atoms with van der Waals surface area (Å²) in [5.41, 5.74) is 1.33. The molecule has 0 fully saturated rings. The van der Waals surface area contributed by atoms with Crippen LogP contribution in [0.15, 0.2) is 52.3 Å². The third kappa shape index (κ3) is 4.61. The van der Waals surface area contributed by atoms with Gasteiger partial charge in [-0.25, -0.2) is 4.79 Å². The number of hydrogen-bond donors (Lipinski definition) is 1. The molecule has 0 aliphatic rings. The minimum absolute atomic E-state index is 0.178. The van der Waals surface area contributed by atoms with Crippen LogP contribution in [-0.4, -0.2) is 23.7 Å². The number of nitriles is 1. The van der Waals surface area contributed by atoms with Crippen LogP contribution >= 0.6 is 11.8 Å². The van der Waals surface area contributed by atoms with Crippen LogP contribution < -0.4 is 0 Å². The molecule has 0 aromatic heterocycles. The van der Waals surface area contributed by atoms with E-state index in [1.54, 1.807) is 49.4 Å². The molecular formula is C18H15NO4S. The van der Waals surface area contributed by atoms with E-state index < -0.39 is 5.97 Å². The molecule has 24 heavy (non-hydrogen) atoms. The molecule has 2 aromatic rings. The third-order valence-electron chi connectivity index (χ3n) is 3.14. The van der Waals surface area contributed by atoms with Gasteiger partial charge in [-0.1, -0.05) is 17.8 Å². The van der Waals surface area contributed by atoms with Gasteiger partial charge in [0.2, 0.25) is 0 Å². The Labute approximate surface area is 143 Å². The topological polar surface area (TPSA) is 87.4 Å². The van der Waals surface area contributed by atoms with E-state index in [9.17, 15) is 9.59 Å². The molecule has 5 nitrogen and oxygen atoms in total. The standard InChI is InChI=1S/C18H15NO4S/c1-2-23-18(22)12-3-6-15(7-4-12)24-16-8-5-13(10-17(20)21)14(9-16)11-19/h3-9H,2,10H2,1H3,(H,20,21). The minimum Gasteiger partial charge on any atom is -0.481 e. The number of carboxylic acid groups (broad SMARTS) is 1. The summed E-state index contributed by atoms with van der Waals surface area (Å²) in [6.07, 6.45) is -0.178. The third-order valence-corrected chi connectivity index (χ3v) is 4.14. The van der Waals surface area contributed by atoms with Gasteiger partial charge in [-0.3, -0.25) is 4.79 Å². The van der Waals surface area contributed by atoms with Crippen molar-refractivity contribution in [1.29, 1.82) is 5.26 Å². The highest BCUT2D eigenvalue weighted by molar-refractivity contribution is 7.99. The minimum atomic E-state index is -0.971. The summed E-state index contributed by atoms with van der Waals surface area (Å²) in [6.45, 7) is 2.08. The Morgan fingerprint density at radius 2 is 1.83 bits per heavy atom. The lowest BCUT2D eigenvalue weighted by Crippen LogP contribution is -2.03. The Morgan fingerprint density at radius 3 is 2.42 bits per heavy atom. The number of ether oxygens (including phenoxy) is 1. The fraction of sp³-hybridized carbons (Fsp3) is 0.167. The van der Waals surface area contributed by atoms with Crippen molar-refractivity contribution in [1.82, 2.24) is 0 Å². The summed E-state index contributed by atoms with van der Waals surface area (Å²) < 4.78 is 4.93. The van der Waals surface area contributed by atoms with Crippen LogP contribution in [0.4, 0.5) is 0 Å². The fourth-order valence-corrected chi connectivity index (χ4v) is 2.91. The van der Waals surface area contributed by atoms with E-state index in [2.05, 4.69) is 0 Å². The summed E-state index contributed by atoms with van der Waals surface area (Å²) in [6, 6.07) is 14.1. The van der Waals surface area contributed by atoms with Gasteiger partial charge in [-0.05, 0) is 48.9 Å². The maximum atomic E-state index is 11.6. The van der Waals surface area contributed by atoms with Crippen LogP contribution in [0.25, 0.3) is 0 Å². The Bertz CT molecular complexity index is 794. The molecule has 0 atom stereocenters. The molecule has 0 heterocycles. The first-order valence-corrected chi connectivity index (χ1v) is 8.05. The quantitative estimate of drug-likeness (QED) is 0.809. The SMILES string of the molecule is CCOC(=O)c1ccc(Sc2ccc(CC(=O)O)c(C#N)c2)cc1. The second-order valence-corrected chi connectivity index (χ2v) is 6.00. The van der Waals surface area contributed by atoms with Gasteiger partial charge in [0.1, 0.15) is 0 Å². The normalized spacial score (nSPS) is 10.0. The Morgan fingerprint density at radius 1 is 1.17 bits per heavy atom. The van der Waals surface area contributed by atoms with E-state index in [4.69, 9.17) is 15.1 Å². The summed E-state index contributed by atoms with van der Waals surface area (Å²) >= 11 is 1.43. The van der Waals surface area contributed by atoms with E-state index in [1.165, 1.54) is 11.8 Å². The molecule has 6 heteroatoms. The first-order chi connectivity index (χ1) is 11.5. The highest BCUT2D eigenvalue weighted by atomic mass is 32.2. The summed E-state index contributed by atoms with van der Waals surface area (Å²) in [7, 11) is 0. The van der Waals surface area contributed by atoms with Gasteiger partial charge in [0.25, 0.3) is 0 Å². The number of carboxylic acids is 1. The van der Waals surface area contributed by atoms with Crippen molar-refractivity contribution in [3.05, 3.63) is 59.2 Å². The van der Waals surface area contributed by atoms with Gasteiger partial charge in [0, 0.05) is 9.79 Å². The van der Waals surface area contributed by atoms with E-state index in [0.29, 0.717) is 23.3 Å². The molecule has 0 amide bonds. The van der Waals surface area contributed by atoms with Crippen molar-refractivity contribution >= 4 is 23.7 Å². The highest BCUT2D eigenvalue weighted by Gasteiger charge is 2.09. The molecule has 0 saturated heterocycles. The maximum Gasteiger partial charge on any atom is 0.338 e. The van der Waals surface area contributed by atoms with Gasteiger partial charge in [-0.2, -0.15) is 5.26 Å². The van der Waals surface area contributed by atoms with E-state index >= 15 is 0 Å². The number of carbonyl (C=O) groups is 2. The number of carbonyl (C=O) groups excluding carboxylic acids is 1. The first-order valence-electron chi connectivity index (χ1n) is 7.23. The second-order valence-electron chi connectivity index (χ2n) is 4.85. The molecule has 0 spiro atoms. The average Bonchev–Trinajstić information content (AvgIpc) is 2.56. The summed E-state index contributed by atoms with van der Waals surface area (Å²) in [4.78, 5) is 24.1. The Hall–Kier alpha value is -2.78. The number of benzene rings is 2. The van der Waals surface area contributed by atoms with Crippen LogP contribution in [0.1, 0.15) is 28.4 Å². The average molecular weight is 341 g/mol. The van der Waals surface area contributed by atoms with Crippen molar-refractivity contribution in [2.75, 3.05) is 6.61 Å². The molecular weight excluding hydrogens is 326 g/mol. The van der Waals surface area contributed by atoms with Crippen molar-refractivity contribution < 1.29 is 19.4 Å². The van der Waals surface area contributed by atoms with Crippen LogP contribution in [0.3, 0.4) is 0 Å². The van der Waals surface area contributed by atoms with Crippen molar-refractivity contribution in [3.8, 4) is 6.07 Å². The number of esters is 1. The Balaban J connectivity index is 2.15. The second kappa shape index (κ2) is 8.18. The molecule has 0 saturated carbocycles. The number of aliphatic carboxylic acids is 1. The fourth-order valence-electron chi connectivity index (χ4n) is 2.05. The molecule has 122 valence electrons. The van der Waals surface area contributed by atoms with Crippen molar-refractivity contribution in [3.63, 3.8) is 0 Å². The van der Waals surface area contributed by atoms with Crippen molar-refractivity contribution in [2.45, 2.75) is 23.1 Å². The zero-order valence-electron chi connectivity index (χ0n) is 13.0. The smallest absolute Gasteiger partial charge is 0.338 e. The van der Waals surface area contributed by atoms with Gasteiger partial charge < -0.3 is 9.84 Å². The lowest BCUT2D eigenvalue weighted by atomic mass is 10.1. The predicted molar refractivity (Wildman–Crippen MR) is 89.0 cm³/mol.